The van der Waals surface area contributed by atoms with E-state index < -0.39 is 11.9 Å². The number of benzene rings is 1. The summed E-state index contributed by atoms with van der Waals surface area (Å²) in [6.07, 6.45) is 1.39. The molecule has 1 heterocycles. The normalized spacial score (nSPS) is 18.6. The Labute approximate surface area is 141 Å². The van der Waals surface area contributed by atoms with Gasteiger partial charge in [-0.15, -0.1) is 0 Å². The van der Waals surface area contributed by atoms with Gasteiger partial charge in [-0.05, 0) is 18.9 Å². The number of amides is 3. The molecule has 0 aliphatic carbocycles. The Morgan fingerprint density at radius 3 is 2.67 bits per heavy atom. The minimum absolute atomic E-state index is 0.263. The van der Waals surface area contributed by atoms with Crippen molar-refractivity contribution in [2.24, 2.45) is 11.7 Å². The summed E-state index contributed by atoms with van der Waals surface area (Å²) in [5.74, 6) is -0.810. The lowest BCUT2D eigenvalue weighted by molar-refractivity contribution is -0.139. The van der Waals surface area contributed by atoms with Crippen molar-refractivity contribution in [2.75, 3.05) is 20.2 Å². The molecule has 2 atom stereocenters. The number of likely N-dealkylation sites (tertiary alicyclic amines) is 1. The van der Waals surface area contributed by atoms with Crippen molar-refractivity contribution in [3.8, 4) is 5.75 Å². The van der Waals surface area contributed by atoms with Crippen molar-refractivity contribution in [3.05, 3.63) is 29.8 Å². The molecule has 0 aromatic heterocycles. The highest BCUT2D eigenvalue weighted by Gasteiger charge is 2.33. The van der Waals surface area contributed by atoms with E-state index in [0.29, 0.717) is 30.7 Å². The van der Waals surface area contributed by atoms with E-state index in [2.05, 4.69) is 5.32 Å². The van der Waals surface area contributed by atoms with Crippen LogP contribution < -0.4 is 15.8 Å². The topological polar surface area (TPSA) is 102 Å². The average molecular weight is 333 g/mol. The van der Waals surface area contributed by atoms with Gasteiger partial charge in [-0.1, -0.05) is 18.2 Å². The third-order valence-electron chi connectivity index (χ3n) is 4.18. The maximum atomic E-state index is 13.0. The molecule has 1 aromatic carbocycles. The van der Waals surface area contributed by atoms with Gasteiger partial charge in [0.25, 0.3) is 0 Å². The number of hydrogen-bond donors (Lipinski definition) is 2. The van der Waals surface area contributed by atoms with Gasteiger partial charge in [0.15, 0.2) is 0 Å². The first-order valence-electron chi connectivity index (χ1n) is 7.92. The third kappa shape index (κ3) is 4.04. The number of ether oxygens (including phenoxy) is 1. The summed E-state index contributed by atoms with van der Waals surface area (Å²) >= 11 is 0. The predicted molar refractivity (Wildman–Crippen MR) is 88.1 cm³/mol. The molecule has 0 radical (unpaired) electrons. The van der Waals surface area contributed by atoms with Gasteiger partial charge in [0.05, 0.1) is 13.0 Å². The number of nitrogens with two attached hydrogens (primary N) is 1. The molecule has 1 saturated heterocycles. The molecule has 0 bridgehead atoms. The molecule has 130 valence electrons. The average Bonchev–Trinajstić information content (AvgIpc) is 2.59. The Balaban J connectivity index is 2.28. The van der Waals surface area contributed by atoms with E-state index in [4.69, 9.17) is 10.5 Å². The van der Waals surface area contributed by atoms with Gasteiger partial charge < -0.3 is 20.7 Å². The molecular weight excluding hydrogens is 310 g/mol. The van der Waals surface area contributed by atoms with Crippen molar-refractivity contribution in [1.82, 2.24) is 10.2 Å². The fraction of sp³-hybridized carbons (Fsp3) is 0.471. The SMILES string of the molecule is COc1ccccc1[C@@H](NC(C)=O)C(=O)N1CCC[C@H](C(N)=O)C1. The van der Waals surface area contributed by atoms with Crippen LogP contribution in [0.15, 0.2) is 24.3 Å². The zero-order chi connectivity index (χ0) is 17.7. The predicted octanol–water partition coefficient (Wildman–Crippen LogP) is 0.596. The smallest absolute Gasteiger partial charge is 0.249 e. The van der Waals surface area contributed by atoms with Gasteiger partial charge in [0, 0.05) is 25.6 Å². The highest BCUT2D eigenvalue weighted by Crippen LogP contribution is 2.28. The summed E-state index contributed by atoms with van der Waals surface area (Å²) < 4.78 is 5.31. The molecule has 7 heteroatoms. The van der Waals surface area contributed by atoms with Crippen molar-refractivity contribution in [2.45, 2.75) is 25.8 Å². The summed E-state index contributed by atoms with van der Waals surface area (Å²) in [5, 5.41) is 2.69. The zero-order valence-electron chi connectivity index (χ0n) is 14.0. The summed E-state index contributed by atoms with van der Waals surface area (Å²) in [6.45, 7) is 2.17. The number of para-hydroxylation sites is 1. The standard InChI is InChI=1S/C17H23N3O4/c1-11(21)19-15(13-7-3-4-8-14(13)24-2)17(23)20-9-5-6-12(10-20)16(18)22/h3-4,7-8,12,15H,5-6,9-10H2,1-2H3,(H2,18,22)(H,19,21)/t12-,15+/m0/s1. The van der Waals surface area contributed by atoms with E-state index in [1.807, 2.05) is 0 Å². The van der Waals surface area contributed by atoms with E-state index in [1.165, 1.54) is 14.0 Å². The molecular formula is C17H23N3O4. The van der Waals surface area contributed by atoms with Crippen LogP contribution in [0.3, 0.4) is 0 Å². The molecule has 2 rings (SSSR count). The number of primary amides is 1. The molecule has 1 fully saturated rings. The first kappa shape index (κ1) is 17.8. The van der Waals surface area contributed by atoms with Crippen molar-refractivity contribution in [3.63, 3.8) is 0 Å². The maximum absolute atomic E-state index is 13.0. The lowest BCUT2D eigenvalue weighted by Gasteiger charge is -2.34. The quantitative estimate of drug-likeness (QED) is 0.823. The molecule has 0 spiro atoms. The third-order valence-corrected chi connectivity index (χ3v) is 4.18. The van der Waals surface area contributed by atoms with Gasteiger partial charge in [-0.3, -0.25) is 14.4 Å². The van der Waals surface area contributed by atoms with Gasteiger partial charge in [-0.25, -0.2) is 0 Å². The van der Waals surface area contributed by atoms with Crippen LogP contribution in [0.1, 0.15) is 31.4 Å². The van der Waals surface area contributed by atoms with Gasteiger partial charge in [-0.2, -0.15) is 0 Å². The fourth-order valence-electron chi connectivity index (χ4n) is 2.97. The summed E-state index contributed by atoms with van der Waals surface area (Å²) in [4.78, 5) is 37.6. The second kappa shape index (κ2) is 7.81. The number of carbonyl (C=O) groups excluding carboxylic acids is 3. The van der Waals surface area contributed by atoms with Crippen LogP contribution in [-0.2, 0) is 14.4 Å². The number of nitrogens with zero attached hydrogens (tertiary/aromatic N) is 1. The second-order valence-corrected chi connectivity index (χ2v) is 5.90. The monoisotopic (exact) mass is 333 g/mol. The number of hydrogen-bond acceptors (Lipinski definition) is 4. The van der Waals surface area contributed by atoms with Crippen LogP contribution in [-0.4, -0.2) is 42.8 Å². The van der Waals surface area contributed by atoms with E-state index >= 15 is 0 Å². The lowest BCUT2D eigenvalue weighted by Crippen LogP contribution is -2.48. The van der Waals surface area contributed by atoms with E-state index in [-0.39, 0.29) is 24.3 Å². The zero-order valence-corrected chi connectivity index (χ0v) is 14.0. The van der Waals surface area contributed by atoms with Crippen molar-refractivity contribution in [1.29, 1.82) is 0 Å². The van der Waals surface area contributed by atoms with Crippen LogP contribution in [0.4, 0.5) is 0 Å². The molecule has 0 unspecified atom stereocenters. The summed E-state index contributed by atoms with van der Waals surface area (Å²) in [6, 6.07) is 6.20. The van der Waals surface area contributed by atoms with E-state index in [9.17, 15) is 14.4 Å². The fourth-order valence-corrected chi connectivity index (χ4v) is 2.97. The Morgan fingerprint density at radius 1 is 1.33 bits per heavy atom. The van der Waals surface area contributed by atoms with E-state index in [1.54, 1.807) is 29.2 Å². The van der Waals surface area contributed by atoms with Gasteiger partial charge >= 0.3 is 0 Å². The number of rotatable bonds is 5. The first-order valence-corrected chi connectivity index (χ1v) is 7.92. The van der Waals surface area contributed by atoms with Crippen LogP contribution in [0.5, 0.6) is 5.75 Å². The molecule has 1 aliphatic heterocycles. The minimum Gasteiger partial charge on any atom is -0.496 e. The van der Waals surface area contributed by atoms with Crippen molar-refractivity contribution >= 4 is 17.7 Å². The van der Waals surface area contributed by atoms with Crippen LogP contribution >= 0.6 is 0 Å². The van der Waals surface area contributed by atoms with Gasteiger partial charge in [0.2, 0.25) is 17.7 Å². The Bertz CT molecular complexity index is 632. The maximum Gasteiger partial charge on any atom is 0.249 e. The minimum atomic E-state index is -0.856. The van der Waals surface area contributed by atoms with Crippen LogP contribution in [0.25, 0.3) is 0 Å². The van der Waals surface area contributed by atoms with Crippen LogP contribution in [0, 0.1) is 5.92 Å². The second-order valence-electron chi connectivity index (χ2n) is 5.90. The molecule has 24 heavy (non-hydrogen) atoms. The molecule has 0 saturated carbocycles. The molecule has 7 nitrogen and oxygen atoms in total. The highest BCUT2D eigenvalue weighted by atomic mass is 16.5. The lowest BCUT2D eigenvalue weighted by atomic mass is 9.95. The molecule has 1 aromatic rings. The number of methoxy groups -OCH3 is 1. The summed E-state index contributed by atoms with van der Waals surface area (Å²) in [5.41, 5.74) is 5.96. The first-order chi connectivity index (χ1) is 11.4. The number of carbonyl (C=O) groups is 3. The Kier molecular flexibility index (Phi) is 5.78. The Morgan fingerprint density at radius 2 is 2.04 bits per heavy atom. The summed E-state index contributed by atoms with van der Waals surface area (Å²) in [7, 11) is 1.51. The van der Waals surface area contributed by atoms with Gasteiger partial charge in [0.1, 0.15) is 11.8 Å². The highest BCUT2D eigenvalue weighted by molar-refractivity contribution is 5.89. The molecule has 3 amide bonds. The molecule has 3 N–H and O–H groups in total. The van der Waals surface area contributed by atoms with Crippen LogP contribution in [0.2, 0.25) is 0 Å². The van der Waals surface area contributed by atoms with Crippen molar-refractivity contribution < 1.29 is 19.1 Å². The molecule has 1 aliphatic rings. The largest absolute Gasteiger partial charge is 0.496 e. The number of nitrogens with one attached hydrogen (secondary N) is 1. The Hall–Kier alpha value is -2.57. The van der Waals surface area contributed by atoms with E-state index in [0.717, 1.165) is 0 Å². The number of piperidine rings is 1.